The molecular formula is C16H23BClNO3. The molecule has 1 aliphatic rings. The third-order valence-electron chi connectivity index (χ3n) is 4.18. The molecule has 0 aliphatic carbocycles. The molecule has 120 valence electrons. The van der Waals surface area contributed by atoms with Crippen molar-refractivity contribution in [3.8, 4) is 0 Å². The molecule has 1 fully saturated rings. The lowest BCUT2D eigenvalue weighted by Crippen LogP contribution is -2.41. The molecular weight excluding hydrogens is 300 g/mol. The Morgan fingerprint density at radius 3 is 2.23 bits per heavy atom. The Morgan fingerprint density at radius 2 is 1.73 bits per heavy atom. The highest BCUT2D eigenvalue weighted by Crippen LogP contribution is 2.36. The summed E-state index contributed by atoms with van der Waals surface area (Å²) in [5, 5.41) is 3.26. The van der Waals surface area contributed by atoms with Crippen LogP contribution < -0.4 is 10.8 Å². The zero-order valence-corrected chi connectivity index (χ0v) is 14.7. The van der Waals surface area contributed by atoms with E-state index in [4.69, 9.17) is 20.9 Å². The normalized spacial score (nSPS) is 19.5. The largest absolute Gasteiger partial charge is 0.494 e. The van der Waals surface area contributed by atoms with Gasteiger partial charge in [0.25, 0.3) is 5.91 Å². The molecule has 0 bridgehead atoms. The molecule has 1 aromatic carbocycles. The first-order chi connectivity index (χ1) is 10.0. The summed E-state index contributed by atoms with van der Waals surface area (Å²) in [5.41, 5.74) is 0.384. The van der Waals surface area contributed by atoms with Crippen LogP contribution in [0.5, 0.6) is 0 Å². The first kappa shape index (κ1) is 17.3. The number of rotatable bonds is 3. The van der Waals surface area contributed by atoms with Crippen molar-refractivity contribution in [1.82, 2.24) is 5.32 Å². The van der Waals surface area contributed by atoms with Gasteiger partial charge >= 0.3 is 7.12 Å². The second-order valence-corrected chi connectivity index (χ2v) is 7.36. The summed E-state index contributed by atoms with van der Waals surface area (Å²) in [4.78, 5) is 12.2. The molecule has 0 unspecified atom stereocenters. The minimum absolute atomic E-state index is 0.0454. The highest BCUT2D eigenvalue weighted by atomic mass is 35.5. The van der Waals surface area contributed by atoms with E-state index >= 15 is 0 Å². The number of benzene rings is 1. The third kappa shape index (κ3) is 3.32. The topological polar surface area (TPSA) is 47.6 Å². The zero-order valence-electron chi connectivity index (χ0n) is 14.0. The smallest absolute Gasteiger partial charge is 0.399 e. The van der Waals surface area contributed by atoms with E-state index in [0.29, 0.717) is 10.6 Å². The Bertz CT molecular complexity index is 571. The van der Waals surface area contributed by atoms with Crippen LogP contribution in [0.1, 0.15) is 51.9 Å². The molecule has 0 radical (unpaired) electrons. The number of hydrogen-bond donors (Lipinski definition) is 1. The minimum atomic E-state index is -0.507. The van der Waals surface area contributed by atoms with Gasteiger partial charge < -0.3 is 14.6 Å². The van der Waals surface area contributed by atoms with Crippen molar-refractivity contribution >= 4 is 30.1 Å². The molecule has 1 N–H and O–H groups in total. The van der Waals surface area contributed by atoms with Gasteiger partial charge in [-0.25, -0.2) is 0 Å². The number of carbonyl (C=O) groups excluding carboxylic acids is 1. The monoisotopic (exact) mass is 323 g/mol. The van der Waals surface area contributed by atoms with Gasteiger partial charge in [0.2, 0.25) is 0 Å². The van der Waals surface area contributed by atoms with Crippen LogP contribution in [-0.2, 0) is 9.31 Å². The average molecular weight is 324 g/mol. The number of amides is 1. The first-order valence-corrected chi connectivity index (χ1v) is 7.87. The Kier molecular flexibility index (Phi) is 4.62. The number of carbonyl (C=O) groups is 1. The molecule has 0 saturated carbocycles. The van der Waals surface area contributed by atoms with Gasteiger partial charge in [0.1, 0.15) is 0 Å². The van der Waals surface area contributed by atoms with Crippen molar-refractivity contribution < 1.29 is 14.1 Å². The van der Waals surface area contributed by atoms with Crippen LogP contribution in [0.25, 0.3) is 0 Å². The maximum Gasteiger partial charge on any atom is 0.494 e. The van der Waals surface area contributed by atoms with Crippen LogP contribution in [0.2, 0.25) is 5.02 Å². The fourth-order valence-electron chi connectivity index (χ4n) is 2.18. The average Bonchev–Trinajstić information content (AvgIpc) is 2.58. The molecule has 0 spiro atoms. The summed E-state index contributed by atoms with van der Waals surface area (Å²) in [6.45, 7) is 11.8. The molecule has 1 heterocycles. The predicted octanol–water partition coefficient (Wildman–Crippen LogP) is 2.78. The second kappa shape index (κ2) is 5.87. The summed E-state index contributed by atoms with van der Waals surface area (Å²) in [5.74, 6) is -0.196. The van der Waals surface area contributed by atoms with Gasteiger partial charge in [-0.15, -0.1) is 0 Å². The van der Waals surface area contributed by atoms with Gasteiger partial charge in [0.15, 0.2) is 0 Å². The highest BCUT2D eigenvalue weighted by Gasteiger charge is 2.51. The van der Waals surface area contributed by atoms with Gasteiger partial charge in [-0.05, 0) is 59.1 Å². The molecule has 4 nitrogen and oxygen atoms in total. The molecule has 6 heteroatoms. The molecule has 1 saturated heterocycles. The first-order valence-electron chi connectivity index (χ1n) is 7.49. The molecule has 1 aliphatic heterocycles. The maximum atomic E-state index is 12.2. The standard InChI is InChI=1S/C16H23BClNO3/c1-10(2)19-14(20)12-9-11(7-8-13(12)18)17-21-15(3,4)16(5,6)22-17/h7-10H,1-6H3,(H,19,20). The summed E-state index contributed by atoms with van der Waals surface area (Å²) >= 11 is 6.15. The van der Waals surface area contributed by atoms with Crippen molar-refractivity contribution in [3.63, 3.8) is 0 Å². The van der Waals surface area contributed by atoms with Crippen LogP contribution in [-0.4, -0.2) is 30.3 Å². The summed E-state index contributed by atoms with van der Waals surface area (Å²) in [6.07, 6.45) is 0. The number of halogens is 1. The predicted molar refractivity (Wildman–Crippen MR) is 89.8 cm³/mol. The van der Waals surface area contributed by atoms with E-state index in [1.54, 1.807) is 12.1 Å². The number of hydrogen-bond acceptors (Lipinski definition) is 3. The van der Waals surface area contributed by atoms with Gasteiger partial charge in [-0.3, -0.25) is 4.79 Å². The fourth-order valence-corrected chi connectivity index (χ4v) is 2.39. The van der Waals surface area contributed by atoms with Crippen molar-refractivity contribution in [3.05, 3.63) is 28.8 Å². The lowest BCUT2D eigenvalue weighted by Gasteiger charge is -2.32. The van der Waals surface area contributed by atoms with Crippen molar-refractivity contribution in [1.29, 1.82) is 0 Å². The Hall–Kier alpha value is -1.04. The highest BCUT2D eigenvalue weighted by molar-refractivity contribution is 6.62. The maximum absolute atomic E-state index is 12.2. The molecule has 0 aromatic heterocycles. The molecule has 1 amide bonds. The van der Waals surface area contributed by atoms with Gasteiger partial charge in [0.05, 0.1) is 21.8 Å². The zero-order chi connectivity index (χ0) is 16.7. The van der Waals surface area contributed by atoms with E-state index in [1.807, 2.05) is 47.6 Å². The van der Waals surface area contributed by atoms with Crippen LogP contribution in [0.15, 0.2) is 18.2 Å². The van der Waals surface area contributed by atoms with Crippen LogP contribution in [0, 0.1) is 0 Å². The van der Waals surface area contributed by atoms with Crippen molar-refractivity contribution in [2.45, 2.75) is 58.8 Å². The van der Waals surface area contributed by atoms with E-state index in [1.165, 1.54) is 0 Å². The van der Waals surface area contributed by atoms with Crippen molar-refractivity contribution in [2.24, 2.45) is 0 Å². The molecule has 0 atom stereocenters. The molecule has 1 aromatic rings. The Balaban J connectivity index is 2.29. The Labute approximate surface area is 137 Å². The van der Waals surface area contributed by atoms with Gasteiger partial charge in [0, 0.05) is 6.04 Å². The van der Waals surface area contributed by atoms with Crippen LogP contribution in [0.4, 0.5) is 0 Å². The lowest BCUT2D eigenvalue weighted by molar-refractivity contribution is 0.00578. The van der Waals surface area contributed by atoms with E-state index < -0.39 is 18.3 Å². The molecule has 22 heavy (non-hydrogen) atoms. The van der Waals surface area contributed by atoms with Crippen LogP contribution >= 0.6 is 11.6 Å². The minimum Gasteiger partial charge on any atom is -0.399 e. The van der Waals surface area contributed by atoms with Gasteiger partial charge in [-0.2, -0.15) is 0 Å². The second-order valence-electron chi connectivity index (χ2n) is 6.96. The van der Waals surface area contributed by atoms with Crippen LogP contribution in [0.3, 0.4) is 0 Å². The molecule has 2 rings (SSSR count). The summed E-state index contributed by atoms with van der Waals surface area (Å²) in [7, 11) is -0.507. The number of nitrogens with one attached hydrogen (secondary N) is 1. The third-order valence-corrected chi connectivity index (χ3v) is 4.51. The van der Waals surface area contributed by atoms with E-state index in [2.05, 4.69) is 5.32 Å². The SMILES string of the molecule is CC(C)NC(=O)c1cc(B2OC(C)(C)C(C)(C)O2)ccc1Cl. The summed E-state index contributed by atoms with van der Waals surface area (Å²) < 4.78 is 12.0. The van der Waals surface area contributed by atoms with E-state index in [9.17, 15) is 4.79 Å². The lowest BCUT2D eigenvalue weighted by atomic mass is 9.78. The van der Waals surface area contributed by atoms with Crippen molar-refractivity contribution in [2.75, 3.05) is 0 Å². The fraction of sp³-hybridized carbons (Fsp3) is 0.562. The Morgan fingerprint density at radius 1 is 1.18 bits per heavy atom. The summed E-state index contributed by atoms with van der Waals surface area (Å²) in [6, 6.07) is 5.32. The quantitative estimate of drug-likeness (QED) is 0.870. The van der Waals surface area contributed by atoms with E-state index in [-0.39, 0.29) is 11.9 Å². The van der Waals surface area contributed by atoms with Gasteiger partial charge in [-0.1, -0.05) is 17.7 Å². The van der Waals surface area contributed by atoms with E-state index in [0.717, 1.165) is 5.46 Å².